The lowest BCUT2D eigenvalue weighted by atomic mass is 10.1. The van der Waals surface area contributed by atoms with Crippen LogP contribution in [0.1, 0.15) is 39.5 Å². The second-order valence-electron chi connectivity index (χ2n) is 8.73. The van der Waals surface area contributed by atoms with Crippen molar-refractivity contribution in [1.29, 1.82) is 0 Å². The Labute approximate surface area is 191 Å². The predicted molar refractivity (Wildman–Crippen MR) is 126 cm³/mol. The molecular weight excluding hydrogens is 404 g/mol. The van der Waals surface area contributed by atoms with Gasteiger partial charge in [0.2, 0.25) is 0 Å². The summed E-state index contributed by atoms with van der Waals surface area (Å²) in [5.74, 6) is 3.36. The van der Waals surface area contributed by atoms with Crippen molar-refractivity contribution in [1.82, 2.24) is 10.6 Å². The van der Waals surface area contributed by atoms with E-state index < -0.39 is 0 Å². The van der Waals surface area contributed by atoms with E-state index in [0.29, 0.717) is 13.2 Å². The number of para-hydroxylation sites is 4. The largest absolute Gasteiger partial charge is 0.486 e. The highest BCUT2D eigenvalue weighted by Crippen LogP contribution is 2.32. The number of hydrogen-bond acceptors (Lipinski definition) is 6. The zero-order valence-electron chi connectivity index (χ0n) is 19.2. The van der Waals surface area contributed by atoms with Gasteiger partial charge >= 0.3 is 0 Å². The smallest absolute Gasteiger partial charge is 0.161 e. The lowest BCUT2D eigenvalue weighted by molar-refractivity contribution is 0.0664. The highest BCUT2D eigenvalue weighted by molar-refractivity contribution is 5.41. The quantitative estimate of drug-likeness (QED) is 0.511. The number of nitrogens with one attached hydrogen (secondary N) is 2. The van der Waals surface area contributed by atoms with Crippen LogP contribution in [-0.2, 0) is 0 Å². The summed E-state index contributed by atoms with van der Waals surface area (Å²) in [6, 6.07) is 16.3. The summed E-state index contributed by atoms with van der Waals surface area (Å²) in [5, 5.41) is 7.18. The van der Waals surface area contributed by atoms with Crippen LogP contribution in [0.2, 0.25) is 0 Å². The maximum absolute atomic E-state index is 6.08. The third-order valence-corrected chi connectivity index (χ3v) is 6.21. The molecule has 2 N–H and O–H groups in total. The first-order valence-corrected chi connectivity index (χ1v) is 11.9. The van der Waals surface area contributed by atoms with Crippen molar-refractivity contribution in [3.8, 4) is 23.0 Å². The molecule has 2 aliphatic heterocycles. The Morgan fingerprint density at radius 1 is 0.656 bits per heavy atom. The molecule has 0 aromatic heterocycles. The summed E-state index contributed by atoms with van der Waals surface area (Å²) in [6.45, 7) is 7.52. The zero-order valence-corrected chi connectivity index (χ0v) is 19.2. The Bertz CT molecular complexity index is 777. The standard InChI is InChI=1S/C26H36N2O4/c1-19(25-17-29-21-11-5-7-13-23(21)31-25)27-15-9-3-4-10-16-28-20(2)26-18-30-22-12-6-8-14-24(22)32-26/h5-8,11-14,19-20,25-28H,3-4,9-10,15-18H2,1-2H3/t19-,20-,25-,26-/m0/s1. The molecule has 0 bridgehead atoms. The molecule has 6 nitrogen and oxygen atoms in total. The average Bonchev–Trinajstić information content (AvgIpc) is 2.84. The summed E-state index contributed by atoms with van der Waals surface area (Å²) in [5.41, 5.74) is 0. The van der Waals surface area contributed by atoms with Gasteiger partial charge in [-0.3, -0.25) is 0 Å². The van der Waals surface area contributed by atoms with Crippen LogP contribution in [0, 0.1) is 0 Å². The van der Waals surface area contributed by atoms with Crippen molar-refractivity contribution in [2.75, 3.05) is 26.3 Å². The van der Waals surface area contributed by atoms with Crippen LogP contribution in [-0.4, -0.2) is 50.6 Å². The van der Waals surface area contributed by atoms with Crippen LogP contribution >= 0.6 is 0 Å². The molecule has 0 radical (unpaired) electrons. The molecule has 2 aliphatic rings. The second-order valence-corrected chi connectivity index (χ2v) is 8.73. The van der Waals surface area contributed by atoms with Crippen LogP contribution in [0.5, 0.6) is 23.0 Å². The van der Waals surface area contributed by atoms with Gasteiger partial charge in [0.05, 0.1) is 0 Å². The molecule has 2 aromatic rings. The van der Waals surface area contributed by atoms with Crippen molar-refractivity contribution in [2.45, 2.75) is 63.8 Å². The van der Waals surface area contributed by atoms with Gasteiger partial charge < -0.3 is 29.6 Å². The van der Waals surface area contributed by atoms with E-state index in [1.54, 1.807) is 0 Å². The Morgan fingerprint density at radius 3 is 1.50 bits per heavy atom. The van der Waals surface area contributed by atoms with E-state index in [1.807, 2.05) is 48.5 Å². The molecule has 2 aromatic carbocycles. The van der Waals surface area contributed by atoms with Gasteiger partial charge in [-0.2, -0.15) is 0 Å². The van der Waals surface area contributed by atoms with Gasteiger partial charge in [0.1, 0.15) is 25.4 Å². The normalized spacial score (nSPS) is 21.1. The summed E-state index contributed by atoms with van der Waals surface area (Å²) >= 11 is 0. The van der Waals surface area contributed by atoms with Crippen molar-refractivity contribution in [2.24, 2.45) is 0 Å². The van der Waals surface area contributed by atoms with Gasteiger partial charge in [0, 0.05) is 12.1 Å². The van der Waals surface area contributed by atoms with E-state index in [4.69, 9.17) is 18.9 Å². The maximum atomic E-state index is 6.08. The number of rotatable bonds is 11. The Kier molecular flexibility index (Phi) is 8.13. The number of ether oxygens (including phenoxy) is 4. The highest BCUT2D eigenvalue weighted by Gasteiger charge is 2.26. The highest BCUT2D eigenvalue weighted by atomic mass is 16.6. The molecule has 0 saturated carbocycles. The number of hydrogen-bond donors (Lipinski definition) is 2. The van der Waals surface area contributed by atoms with E-state index in [0.717, 1.165) is 36.1 Å². The predicted octanol–water partition coefficient (Wildman–Crippen LogP) is 4.18. The Hall–Kier alpha value is -2.44. The van der Waals surface area contributed by atoms with Crippen molar-refractivity contribution < 1.29 is 18.9 Å². The minimum absolute atomic E-state index is 0.0496. The van der Waals surface area contributed by atoms with E-state index in [2.05, 4.69) is 24.5 Å². The van der Waals surface area contributed by atoms with E-state index in [-0.39, 0.29) is 24.3 Å². The Morgan fingerprint density at radius 2 is 1.06 bits per heavy atom. The molecule has 174 valence electrons. The molecule has 6 heteroatoms. The van der Waals surface area contributed by atoms with Crippen LogP contribution in [0.4, 0.5) is 0 Å². The lowest BCUT2D eigenvalue weighted by Crippen LogP contribution is -2.46. The molecule has 0 amide bonds. The fraction of sp³-hybridized carbons (Fsp3) is 0.538. The first-order chi connectivity index (χ1) is 15.7. The molecule has 0 spiro atoms. The molecule has 0 saturated heterocycles. The lowest BCUT2D eigenvalue weighted by Gasteiger charge is -2.31. The molecule has 2 heterocycles. The fourth-order valence-corrected chi connectivity index (χ4v) is 4.09. The molecule has 32 heavy (non-hydrogen) atoms. The topological polar surface area (TPSA) is 61.0 Å². The maximum Gasteiger partial charge on any atom is 0.161 e. The van der Waals surface area contributed by atoms with Crippen LogP contribution < -0.4 is 29.6 Å². The molecular formula is C26H36N2O4. The second kappa shape index (κ2) is 11.4. The minimum Gasteiger partial charge on any atom is -0.486 e. The van der Waals surface area contributed by atoms with Gasteiger partial charge in [-0.15, -0.1) is 0 Å². The third kappa shape index (κ3) is 6.08. The molecule has 4 rings (SSSR count). The molecule has 4 atom stereocenters. The molecule has 0 unspecified atom stereocenters. The van der Waals surface area contributed by atoms with Gasteiger partial charge in [-0.05, 0) is 64.0 Å². The van der Waals surface area contributed by atoms with Gasteiger partial charge in [0.25, 0.3) is 0 Å². The van der Waals surface area contributed by atoms with Gasteiger partial charge in [-0.1, -0.05) is 37.1 Å². The van der Waals surface area contributed by atoms with Crippen molar-refractivity contribution >= 4 is 0 Å². The van der Waals surface area contributed by atoms with Crippen molar-refractivity contribution in [3.05, 3.63) is 48.5 Å². The third-order valence-electron chi connectivity index (χ3n) is 6.21. The van der Waals surface area contributed by atoms with E-state index in [1.165, 1.54) is 25.7 Å². The summed E-state index contributed by atoms with van der Waals surface area (Å²) in [7, 11) is 0. The number of fused-ring (bicyclic) bond motifs is 2. The minimum atomic E-state index is 0.0496. The number of unbranched alkanes of at least 4 members (excludes halogenated alkanes) is 3. The van der Waals surface area contributed by atoms with E-state index >= 15 is 0 Å². The van der Waals surface area contributed by atoms with Crippen LogP contribution in [0.3, 0.4) is 0 Å². The first-order valence-electron chi connectivity index (χ1n) is 11.9. The SMILES string of the molecule is C[C@H](NCCCCCCN[C@@H](C)[C@@H]1COc2ccccc2O1)[C@@H]1COc2ccccc2O1. The average molecular weight is 441 g/mol. The van der Waals surface area contributed by atoms with E-state index in [9.17, 15) is 0 Å². The summed E-state index contributed by atoms with van der Waals surface area (Å²) < 4.78 is 23.8. The monoisotopic (exact) mass is 440 g/mol. The summed E-state index contributed by atoms with van der Waals surface area (Å²) in [6.07, 6.45) is 4.87. The van der Waals surface area contributed by atoms with Gasteiger partial charge in [-0.25, -0.2) is 0 Å². The fourth-order valence-electron chi connectivity index (χ4n) is 4.09. The van der Waals surface area contributed by atoms with Crippen molar-refractivity contribution in [3.63, 3.8) is 0 Å². The number of benzene rings is 2. The molecule has 0 aliphatic carbocycles. The Balaban J connectivity index is 1.03. The first kappa shape index (κ1) is 22.7. The zero-order chi connectivity index (χ0) is 22.2. The van der Waals surface area contributed by atoms with Gasteiger partial charge in [0.15, 0.2) is 23.0 Å². The van der Waals surface area contributed by atoms with Crippen LogP contribution in [0.25, 0.3) is 0 Å². The van der Waals surface area contributed by atoms with Crippen LogP contribution in [0.15, 0.2) is 48.5 Å². The summed E-state index contributed by atoms with van der Waals surface area (Å²) in [4.78, 5) is 0. The molecule has 0 fully saturated rings.